The zero-order chi connectivity index (χ0) is 12.4. The van der Waals surface area contributed by atoms with Gasteiger partial charge >= 0.3 is 0 Å². The fourth-order valence-corrected chi connectivity index (χ4v) is 1.58. The van der Waals surface area contributed by atoms with Crippen molar-refractivity contribution < 1.29 is 5.11 Å². The maximum absolute atomic E-state index is 8.87. The van der Waals surface area contributed by atoms with Crippen LogP contribution in [0.25, 0.3) is 0 Å². The predicted molar refractivity (Wildman–Crippen MR) is 67.0 cm³/mol. The fraction of sp³-hybridized carbons (Fsp3) is 0.923. The van der Waals surface area contributed by atoms with Gasteiger partial charge in [0.25, 0.3) is 0 Å². The van der Waals surface area contributed by atoms with Gasteiger partial charge in [-0.05, 0) is 37.1 Å². The summed E-state index contributed by atoms with van der Waals surface area (Å²) in [4.78, 5) is 0. The molecule has 3 heteroatoms. The Morgan fingerprint density at radius 2 is 2.12 bits per heavy atom. The number of nitriles is 1. The van der Waals surface area contributed by atoms with Crippen molar-refractivity contribution in [3.8, 4) is 6.07 Å². The summed E-state index contributed by atoms with van der Waals surface area (Å²) in [5, 5.41) is 20.8. The quantitative estimate of drug-likeness (QED) is 0.593. The summed E-state index contributed by atoms with van der Waals surface area (Å²) >= 11 is 0. The van der Waals surface area contributed by atoms with Crippen LogP contribution in [0.2, 0.25) is 0 Å². The van der Waals surface area contributed by atoms with Crippen molar-refractivity contribution in [2.45, 2.75) is 46.5 Å². The van der Waals surface area contributed by atoms with E-state index in [4.69, 9.17) is 10.4 Å². The third-order valence-electron chi connectivity index (χ3n) is 2.88. The lowest BCUT2D eigenvalue weighted by atomic mass is 9.88. The van der Waals surface area contributed by atoms with E-state index in [0.29, 0.717) is 12.3 Å². The van der Waals surface area contributed by atoms with E-state index < -0.39 is 0 Å². The largest absolute Gasteiger partial charge is 0.396 e. The maximum atomic E-state index is 8.87. The molecule has 16 heavy (non-hydrogen) atoms. The van der Waals surface area contributed by atoms with Crippen molar-refractivity contribution in [2.75, 3.05) is 19.7 Å². The van der Waals surface area contributed by atoms with Gasteiger partial charge in [-0.1, -0.05) is 20.8 Å². The van der Waals surface area contributed by atoms with Gasteiger partial charge in [0.1, 0.15) is 0 Å². The Morgan fingerprint density at radius 1 is 1.44 bits per heavy atom. The summed E-state index contributed by atoms with van der Waals surface area (Å²) < 4.78 is 0. The second kappa shape index (κ2) is 8.55. The van der Waals surface area contributed by atoms with Crippen LogP contribution in [0.5, 0.6) is 0 Å². The first-order chi connectivity index (χ1) is 7.52. The molecule has 0 bridgehead atoms. The fourth-order valence-electron chi connectivity index (χ4n) is 1.58. The first kappa shape index (κ1) is 15.4. The van der Waals surface area contributed by atoms with Gasteiger partial charge in [0, 0.05) is 19.6 Å². The molecular formula is C13H26N2O. The van der Waals surface area contributed by atoms with E-state index in [-0.39, 0.29) is 12.0 Å². The van der Waals surface area contributed by atoms with Crippen LogP contribution in [0.4, 0.5) is 0 Å². The number of rotatable bonds is 9. The summed E-state index contributed by atoms with van der Waals surface area (Å²) in [5.74, 6) is 0.411. The lowest BCUT2D eigenvalue weighted by Gasteiger charge is -2.24. The molecule has 0 aliphatic carbocycles. The minimum Gasteiger partial charge on any atom is -0.396 e. The second-order valence-corrected chi connectivity index (χ2v) is 5.43. The Balaban J connectivity index is 3.47. The molecule has 0 spiro atoms. The number of aliphatic hydroxyl groups is 1. The highest BCUT2D eigenvalue weighted by Gasteiger charge is 2.16. The minimum absolute atomic E-state index is 0.207. The van der Waals surface area contributed by atoms with Crippen LogP contribution in [0, 0.1) is 22.7 Å². The standard InChI is InChI=1S/C13H26N2O/c1-12(10-16)6-4-9-15-11-13(2,3)7-5-8-14/h12,15-16H,4-7,9-11H2,1-3H3. The second-order valence-electron chi connectivity index (χ2n) is 5.43. The van der Waals surface area contributed by atoms with E-state index in [1.54, 1.807) is 0 Å². The van der Waals surface area contributed by atoms with Gasteiger partial charge in [-0.25, -0.2) is 0 Å². The number of nitrogens with one attached hydrogen (secondary N) is 1. The number of aliphatic hydroxyl groups excluding tert-OH is 1. The Hall–Kier alpha value is -0.590. The summed E-state index contributed by atoms with van der Waals surface area (Å²) in [6.07, 6.45) is 3.76. The average Bonchev–Trinajstić information content (AvgIpc) is 2.25. The molecule has 0 aromatic carbocycles. The lowest BCUT2D eigenvalue weighted by Crippen LogP contribution is -2.30. The molecule has 0 amide bonds. The van der Waals surface area contributed by atoms with Crippen LogP contribution in [-0.2, 0) is 0 Å². The van der Waals surface area contributed by atoms with Gasteiger partial charge in [-0.3, -0.25) is 0 Å². The highest BCUT2D eigenvalue weighted by atomic mass is 16.3. The van der Waals surface area contributed by atoms with Crippen molar-refractivity contribution in [3.05, 3.63) is 0 Å². The molecule has 0 saturated heterocycles. The number of hydrogen-bond acceptors (Lipinski definition) is 3. The monoisotopic (exact) mass is 226 g/mol. The minimum atomic E-state index is 0.207. The van der Waals surface area contributed by atoms with Crippen molar-refractivity contribution in [2.24, 2.45) is 11.3 Å². The Bertz CT molecular complexity index is 208. The molecule has 3 nitrogen and oxygen atoms in total. The molecule has 0 saturated carbocycles. The third-order valence-corrected chi connectivity index (χ3v) is 2.88. The Labute approximate surface area is 99.9 Å². The molecule has 1 unspecified atom stereocenters. The van der Waals surface area contributed by atoms with Crippen LogP contribution in [0.1, 0.15) is 46.5 Å². The predicted octanol–water partition coefficient (Wildman–Crippen LogP) is 2.31. The topological polar surface area (TPSA) is 56.0 Å². The molecule has 0 aromatic rings. The molecule has 0 heterocycles. The average molecular weight is 226 g/mol. The van der Waals surface area contributed by atoms with Crippen molar-refractivity contribution in [3.63, 3.8) is 0 Å². The van der Waals surface area contributed by atoms with Crippen molar-refractivity contribution >= 4 is 0 Å². The van der Waals surface area contributed by atoms with E-state index in [1.165, 1.54) is 0 Å². The molecule has 0 rings (SSSR count). The van der Waals surface area contributed by atoms with Crippen LogP contribution in [0.15, 0.2) is 0 Å². The highest BCUT2D eigenvalue weighted by Crippen LogP contribution is 2.20. The third kappa shape index (κ3) is 8.70. The molecule has 94 valence electrons. The van der Waals surface area contributed by atoms with Crippen LogP contribution in [0.3, 0.4) is 0 Å². The normalized spacial score (nSPS) is 13.4. The summed E-state index contributed by atoms with van der Waals surface area (Å²) in [6, 6.07) is 2.19. The first-order valence-electron chi connectivity index (χ1n) is 6.20. The van der Waals surface area contributed by atoms with Gasteiger partial charge in [0.2, 0.25) is 0 Å². The van der Waals surface area contributed by atoms with E-state index in [0.717, 1.165) is 32.4 Å². The van der Waals surface area contributed by atoms with Gasteiger partial charge in [-0.2, -0.15) is 5.26 Å². The van der Waals surface area contributed by atoms with Crippen LogP contribution in [-0.4, -0.2) is 24.8 Å². The first-order valence-corrected chi connectivity index (χ1v) is 6.20. The molecule has 0 fully saturated rings. The Morgan fingerprint density at radius 3 is 2.69 bits per heavy atom. The maximum Gasteiger partial charge on any atom is 0.0621 e. The zero-order valence-electron chi connectivity index (χ0n) is 10.9. The molecule has 0 aliphatic heterocycles. The van der Waals surface area contributed by atoms with E-state index >= 15 is 0 Å². The number of nitrogens with zero attached hydrogens (tertiary/aromatic N) is 1. The summed E-state index contributed by atoms with van der Waals surface area (Å²) in [7, 11) is 0. The van der Waals surface area contributed by atoms with Crippen molar-refractivity contribution in [1.29, 1.82) is 5.26 Å². The van der Waals surface area contributed by atoms with Crippen LogP contribution < -0.4 is 5.32 Å². The molecule has 2 N–H and O–H groups in total. The Kier molecular flexibility index (Phi) is 8.23. The molecule has 0 radical (unpaired) electrons. The molecular weight excluding hydrogens is 200 g/mol. The van der Waals surface area contributed by atoms with E-state index in [1.807, 2.05) is 0 Å². The summed E-state index contributed by atoms with van der Waals surface area (Å²) in [6.45, 7) is 8.69. The van der Waals surface area contributed by atoms with Crippen LogP contribution >= 0.6 is 0 Å². The SMILES string of the molecule is CC(CO)CCCNCC(C)(C)CCC#N. The van der Waals surface area contributed by atoms with Gasteiger partial charge in [0.15, 0.2) is 0 Å². The highest BCUT2D eigenvalue weighted by molar-refractivity contribution is 4.78. The smallest absolute Gasteiger partial charge is 0.0621 e. The van der Waals surface area contributed by atoms with Crippen molar-refractivity contribution in [1.82, 2.24) is 5.32 Å². The van der Waals surface area contributed by atoms with E-state index in [9.17, 15) is 0 Å². The van der Waals surface area contributed by atoms with Gasteiger partial charge in [0.05, 0.1) is 6.07 Å². The number of hydrogen-bond donors (Lipinski definition) is 2. The van der Waals surface area contributed by atoms with Gasteiger partial charge in [-0.15, -0.1) is 0 Å². The zero-order valence-corrected chi connectivity index (χ0v) is 10.9. The molecule has 0 aliphatic rings. The molecule has 0 aromatic heterocycles. The molecule has 1 atom stereocenters. The summed E-state index contributed by atoms with van der Waals surface area (Å²) in [5.41, 5.74) is 0.207. The lowest BCUT2D eigenvalue weighted by molar-refractivity contribution is 0.227. The van der Waals surface area contributed by atoms with Gasteiger partial charge < -0.3 is 10.4 Å². The van der Waals surface area contributed by atoms with E-state index in [2.05, 4.69) is 32.2 Å².